The molecular weight excluding hydrogens is 246 g/mol. The van der Waals surface area contributed by atoms with Crippen LogP contribution in [-0.4, -0.2) is 16.2 Å². The molecule has 19 heavy (non-hydrogen) atoms. The molecule has 0 radical (unpaired) electrons. The highest BCUT2D eigenvalue weighted by Gasteiger charge is 2.15. The van der Waals surface area contributed by atoms with Gasteiger partial charge in [-0.1, -0.05) is 13.8 Å². The van der Waals surface area contributed by atoms with Crippen molar-refractivity contribution in [1.29, 1.82) is 0 Å². The fraction of sp³-hybridized carbons (Fsp3) is 0.429. The van der Waals surface area contributed by atoms with Crippen molar-refractivity contribution in [3.05, 3.63) is 28.1 Å². The molecule has 102 valence electrons. The molecule has 1 aromatic carbocycles. The van der Waals surface area contributed by atoms with Crippen molar-refractivity contribution >= 4 is 10.9 Å². The molecule has 0 aliphatic carbocycles. The van der Waals surface area contributed by atoms with E-state index in [-0.39, 0.29) is 23.8 Å². The summed E-state index contributed by atoms with van der Waals surface area (Å²) in [7, 11) is 0. The first kappa shape index (κ1) is 13.4. The number of aromatic nitrogens is 1. The lowest BCUT2D eigenvalue weighted by Gasteiger charge is -2.11. The Balaban J connectivity index is 2.72. The Bertz CT molecular complexity index is 658. The SMILES string of the molecule is CC(C)Oc1nc2cc(O)cc(C(C)C)c2c(=O)o1. The van der Waals surface area contributed by atoms with E-state index in [0.29, 0.717) is 16.5 Å². The average Bonchev–Trinajstić information content (AvgIpc) is 2.25. The number of rotatable bonds is 3. The number of hydrogen-bond acceptors (Lipinski definition) is 5. The third-order valence-electron chi connectivity index (χ3n) is 2.69. The molecule has 2 rings (SSSR count). The Labute approximate surface area is 110 Å². The summed E-state index contributed by atoms with van der Waals surface area (Å²) < 4.78 is 10.3. The highest BCUT2D eigenvalue weighted by atomic mass is 16.6. The van der Waals surface area contributed by atoms with Gasteiger partial charge in [-0.05, 0) is 31.4 Å². The summed E-state index contributed by atoms with van der Waals surface area (Å²) >= 11 is 0. The first-order chi connectivity index (χ1) is 8.88. The second kappa shape index (κ2) is 4.91. The van der Waals surface area contributed by atoms with Gasteiger partial charge in [0.2, 0.25) is 0 Å². The van der Waals surface area contributed by atoms with Gasteiger partial charge < -0.3 is 14.3 Å². The van der Waals surface area contributed by atoms with Crippen LogP contribution in [0.15, 0.2) is 21.3 Å². The van der Waals surface area contributed by atoms with Gasteiger partial charge in [-0.25, -0.2) is 4.79 Å². The highest BCUT2D eigenvalue weighted by molar-refractivity contribution is 5.83. The molecule has 5 nitrogen and oxygen atoms in total. The molecule has 0 spiro atoms. The van der Waals surface area contributed by atoms with E-state index in [1.165, 1.54) is 6.07 Å². The van der Waals surface area contributed by atoms with Crippen LogP contribution < -0.4 is 10.4 Å². The Morgan fingerprint density at radius 2 is 1.95 bits per heavy atom. The van der Waals surface area contributed by atoms with Crippen LogP contribution in [0.4, 0.5) is 0 Å². The van der Waals surface area contributed by atoms with Crippen molar-refractivity contribution in [1.82, 2.24) is 4.98 Å². The lowest BCUT2D eigenvalue weighted by Crippen LogP contribution is -2.12. The zero-order chi connectivity index (χ0) is 14.2. The minimum atomic E-state index is -0.496. The van der Waals surface area contributed by atoms with E-state index in [2.05, 4.69) is 4.98 Å². The van der Waals surface area contributed by atoms with Crippen LogP contribution in [0.25, 0.3) is 10.9 Å². The van der Waals surface area contributed by atoms with Crippen molar-refractivity contribution < 1.29 is 14.3 Å². The fourth-order valence-electron chi connectivity index (χ4n) is 1.90. The molecule has 0 aliphatic heterocycles. The summed E-state index contributed by atoms with van der Waals surface area (Å²) in [6.45, 7) is 7.50. The molecule has 0 unspecified atom stereocenters. The lowest BCUT2D eigenvalue weighted by molar-refractivity contribution is 0.166. The summed E-state index contributed by atoms with van der Waals surface area (Å²) in [6.07, 6.45) is -0.220. The first-order valence-electron chi connectivity index (χ1n) is 6.23. The number of phenolic OH excluding ortho intramolecular Hbond substituents is 1. The van der Waals surface area contributed by atoms with Crippen molar-refractivity contribution in [2.75, 3.05) is 0 Å². The molecule has 1 heterocycles. The maximum atomic E-state index is 12.0. The van der Waals surface area contributed by atoms with Crippen LogP contribution >= 0.6 is 0 Å². The third kappa shape index (κ3) is 2.70. The van der Waals surface area contributed by atoms with Gasteiger partial charge >= 0.3 is 11.7 Å². The van der Waals surface area contributed by atoms with Crippen LogP contribution in [0.3, 0.4) is 0 Å². The van der Waals surface area contributed by atoms with Crippen molar-refractivity contribution in [3.63, 3.8) is 0 Å². The maximum absolute atomic E-state index is 12.0. The van der Waals surface area contributed by atoms with Gasteiger partial charge in [0.15, 0.2) is 0 Å². The number of hydrogen-bond donors (Lipinski definition) is 1. The van der Waals surface area contributed by atoms with E-state index < -0.39 is 5.63 Å². The van der Waals surface area contributed by atoms with Gasteiger partial charge in [0, 0.05) is 6.07 Å². The molecule has 0 aliphatic rings. The predicted molar refractivity (Wildman–Crippen MR) is 71.8 cm³/mol. The summed E-state index contributed by atoms with van der Waals surface area (Å²) in [5, 5.41) is 10.1. The highest BCUT2D eigenvalue weighted by Crippen LogP contribution is 2.28. The zero-order valence-electron chi connectivity index (χ0n) is 11.4. The Kier molecular flexibility index (Phi) is 3.46. The largest absolute Gasteiger partial charge is 0.508 e. The van der Waals surface area contributed by atoms with Gasteiger partial charge in [-0.3, -0.25) is 0 Å². The van der Waals surface area contributed by atoms with Gasteiger partial charge in [0.1, 0.15) is 5.75 Å². The van der Waals surface area contributed by atoms with Gasteiger partial charge in [0.05, 0.1) is 17.0 Å². The molecule has 5 heteroatoms. The van der Waals surface area contributed by atoms with Crippen molar-refractivity contribution in [2.45, 2.75) is 39.7 Å². The number of benzene rings is 1. The summed E-state index contributed by atoms with van der Waals surface area (Å²) in [5.41, 5.74) is 0.604. The normalized spacial score (nSPS) is 11.5. The average molecular weight is 263 g/mol. The number of phenols is 1. The van der Waals surface area contributed by atoms with Gasteiger partial charge in [-0.15, -0.1) is 0 Å². The van der Waals surface area contributed by atoms with E-state index in [0.717, 1.165) is 0 Å². The summed E-state index contributed by atoms with van der Waals surface area (Å²) in [6, 6.07) is 3.00. The molecule has 0 atom stereocenters. The van der Waals surface area contributed by atoms with Crippen molar-refractivity contribution in [3.8, 4) is 11.8 Å². The smallest absolute Gasteiger partial charge is 0.397 e. The van der Waals surface area contributed by atoms with Crippen molar-refractivity contribution in [2.24, 2.45) is 0 Å². The second-order valence-corrected chi connectivity index (χ2v) is 5.02. The Morgan fingerprint density at radius 3 is 2.53 bits per heavy atom. The third-order valence-corrected chi connectivity index (χ3v) is 2.69. The molecule has 0 fully saturated rings. The second-order valence-electron chi connectivity index (χ2n) is 5.02. The Hall–Kier alpha value is -2.04. The molecule has 2 aromatic rings. The number of fused-ring (bicyclic) bond motifs is 1. The van der Waals surface area contributed by atoms with E-state index >= 15 is 0 Å². The number of aromatic hydroxyl groups is 1. The number of ether oxygens (including phenoxy) is 1. The summed E-state index contributed by atoms with van der Waals surface area (Å²) in [4.78, 5) is 16.2. The minimum absolute atomic E-state index is 0.0739. The summed E-state index contributed by atoms with van der Waals surface area (Å²) in [5.74, 6) is 0.154. The molecule has 1 aromatic heterocycles. The van der Waals surface area contributed by atoms with Crippen LogP contribution in [-0.2, 0) is 0 Å². The first-order valence-corrected chi connectivity index (χ1v) is 6.23. The fourth-order valence-corrected chi connectivity index (χ4v) is 1.90. The number of nitrogens with zero attached hydrogens (tertiary/aromatic N) is 1. The van der Waals surface area contributed by atoms with Crippen LogP contribution in [0.2, 0.25) is 0 Å². The molecule has 0 amide bonds. The van der Waals surface area contributed by atoms with Crippen LogP contribution in [0, 0.1) is 0 Å². The van der Waals surface area contributed by atoms with Gasteiger partial charge in [0.25, 0.3) is 0 Å². The van der Waals surface area contributed by atoms with E-state index in [4.69, 9.17) is 9.15 Å². The standard InChI is InChI=1S/C14H17NO4/c1-7(2)10-5-9(16)6-11-12(10)13(17)19-14(15-11)18-8(3)4/h5-8,16H,1-4H3. The molecule has 0 saturated heterocycles. The van der Waals surface area contributed by atoms with Crippen LogP contribution in [0.5, 0.6) is 11.8 Å². The van der Waals surface area contributed by atoms with E-state index in [9.17, 15) is 9.90 Å². The Morgan fingerprint density at radius 1 is 1.26 bits per heavy atom. The topological polar surface area (TPSA) is 72.6 Å². The molecule has 0 saturated carbocycles. The monoisotopic (exact) mass is 263 g/mol. The quantitative estimate of drug-likeness (QED) is 0.921. The minimum Gasteiger partial charge on any atom is -0.508 e. The molecule has 0 bridgehead atoms. The molecular formula is C14H17NO4. The predicted octanol–water partition coefficient (Wildman–Crippen LogP) is 2.80. The zero-order valence-corrected chi connectivity index (χ0v) is 11.4. The molecule has 1 N–H and O–H groups in total. The van der Waals surface area contributed by atoms with E-state index in [1.807, 2.05) is 27.7 Å². The maximum Gasteiger partial charge on any atom is 0.397 e. The van der Waals surface area contributed by atoms with Crippen LogP contribution in [0.1, 0.15) is 39.2 Å². The van der Waals surface area contributed by atoms with Gasteiger partial charge in [-0.2, -0.15) is 4.98 Å². The lowest BCUT2D eigenvalue weighted by atomic mass is 9.99. The van der Waals surface area contributed by atoms with E-state index in [1.54, 1.807) is 6.07 Å².